The van der Waals surface area contributed by atoms with Crippen molar-refractivity contribution in [1.29, 1.82) is 0 Å². The van der Waals surface area contributed by atoms with Crippen LogP contribution in [0.2, 0.25) is 0 Å². The lowest BCUT2D eigenvalue weighted by molar-refractivity contribution is 0.516. The third-order valence-corrected chi connectivity index (χ3v) is 3.69. The van der Waals surface area contributed by atoms with E-state index in [0.717, 1.165) is 11.0 Å². The lowest BCUT2D eigenvalue weighted by Gasteiger charge is -2.20. The molecular weight excluding hydrogens is 252 g/mol. The molecule has 1 fully saturated rings. The summed E-state index contributed by atoms with van der Waals surface area (Å²) in [7, 11) is 0. The van der Waals surface area contributed by atoms with Gasteiger partial charge in [-0.15, -0.1) is 0 Å². The molecule has 2 rings (SSSR count). The van der Waals surface area contributed by atoms with Gasteiger partial charge in [0.15, 0.2) is 0 Å². The maximum atomic E-state index is 5.75. The maximum absolute atomic E-state index is 5.75. The molecule has 1 aliphatic rings. The number of anilines is 1. The number of rotatable bonds is 3. The van der Waals surface area contributed by atoms with E-state index in [9.17, 15) is 0 Å². The van der Waals surface area contributed by atoms with Crippen LogP contribution < -0.4 is 11.1 Å². The molecule has 0 radical (unpaired) electrons. The molecule has 0 saturated heterocycles. The normalized spacial score (nSPS) is 25.5. The topological polar surface area (TPSA) is 38.0 Å². The fourth-order valence-electron chi connectivity index (χ4n) is 2.27. The minimum Gasteiger partial charge on any atom is -0.382 e. The number of hydrogen-bond acceptors (Lipinski definition) is 2. The summed E-state index contributed by atoms with van der Waals surface area (Å²) in [6.07, 6.45) is 3.82. The second-order valence-corrected chi connectivity index (χ2v) is 5.10. The molecule has 0 heterocycles. The van der Waals surface area contributed by atoms with Crippen LogP contribution in [-0.4, -0.2) is 12.6 Å². The van der Waals surface area contributed by atoms with E-state index in [-0.39, 0.29) is 0 Å². The van der Waals surface area contributed by atoms with Gasteiger partial charge in [0, 0.05) is 16.2 Å². The van der Waals surface area contributed by atoms with Gasteiger partial charge in [0.2, 0.25) is 0 Å². The van der Waals surface area contributed by atoms with Gasteiger partial charge in [0.05, 0.1) is 0 Å². The molecule has 0 spiro atoms. The molecule has 15 heavy (non-hydrogen) atoms. The van der Waals surface area contributed by atoms with Crippen molar-refractivity contribution in [3.05, 3.63) is 28.7 Å². The van der Waals surface area contributed by atoms with Crippen LogP contribution >= 0.6 is 15.9 Å². The van der Waals surface area contributed by atoms with Gasteiger partial charge in [-0.1, -0.05) is 22.4 Å². The molecule has 1 saturated carbocycles. The predicted molar refractivity (Wildman–Crippen MR) is 67.9 cm³/mol. The van der Waals surface area contributed by atoms with Gasteiger partial charge in [0.25, 0.3) is 0 Å². The Balaban J connectivity index is 1.99. The molecule has 3 N–H and O–H groups in total. The van der Waals surface area contributed by atoms with Crippen molar-refractivity contribution >= 4 is 21.6 Å². The standard InChI is InChI=1S/C12H17BrN2/c13-10-4-6-11(7-5-10)15-12-3-1-2-9(12)8-14/h4-7,9,12,15H,1-3,8,14H2. The molecular formula is C12H17BrN2. The smallest absolute Gasteiger partial charge is 0.0343 e. The van der Waals surface area contributed by atoms with E-state index in [4.69, 9.17) is 5.73 Å². The van der Waals surface area contributed by atoms with E-state index in [1.54, 1.807) is 0 Å². The second-order valence-electron chi connectivity index (χ2n) is 4.18. The highest BCUT2D eigenvalue weighted by Gasteiger charge is 2.25. The Morgan fingerprint density at radius 2 is 2.00 bits per heavy atom. The molecule has 82 valence electrons. The highest BCUT2D eigenvalue weighted by molar-refractivity contribution is 9.10. The van der Waals surface area contributed by atoms with E-state index >= 15 is 0 Å². The number of halogens is 1. The van der Waals surface area contributed by atoms with Crippen LogP contribution in [0.25, 0.3) is 0 Å². The van der Waals surface area contributed by atoms with E-state index in [2.05, 4.69) is 45.5 Å². The third-order valence-electron chi connectivity index (χ3n) is 3.16. The van der Waals surface area contributed by atoms with Gasteiger partial charge in [-0.3, -0.25) is 0 Å². The predicted octanol–water partition coefficient (Wildman–Crippen LogP) is 2.99. The fourth-order valence-corrected chi connectivity index (χ4v) is 2.53. The van der Waals surface area contributed by atoms with E-state index < -0.39 is 0 Å². The minimum absolute atomic E-state index is 0.566. The summed E-state index contributed by atoms with van der Waals surface area (Å²) in [6.45, 7) is 0.800. The average molecular weight is 269 g/mol. The first kappa shape index (κ1) is 11.0. The lowest BCUT2D eigenvalue weighted by atomic mass is 10.0. The molecule has 2 nitrogen and oxygen atoms in total. The van der Waals surface area contributed by atoms with Crippen LogP contribution in [0.4, 0.5) is 5.69 Å². The van der Waals surface area contributed by atoms with Crippen molar-refractivity contribution in [3.8, 4) is 0 Å². The van der Waals surface area contributed by atoms with Crippen LogP contribution in [0.3, 0.4) is 0 Å². The molecule has 0 amide bonds. The molecule has 0 aliphatic heterocycles. The zero-order valence-corrected chi connectivity index (χ0v) is 10.3. The van der Waals surface area contributed by atoms with Gasteiger partial charge in [0.1, 0.15) is 0 Å². The van der Waals surface area contributed by atoms with E-state index in [1.807, 2.05) is 0 Å². The largest absolute Gasteiger partial charge is 0.382 e. The van der Waals surface area contributed by atoms with Gasteiger partial charge < -0.3 is 11.1 Å². The van der Waals surface area contributed by atoms with Crippen molar-refractivity contribution in [2.45, 2.75) is 25.3 Å². The first-order chi connectivity index (χ1) is 7.29. The summed E-state index contributed by atoms with van der Waals surface area (Å²) in [4.78, 5) is 0. The van der Waals surface area contributed by atoms with Crippen LogP contribution in [-0.2, 0) is 0 Å². The average Bonchev–Trinajstić information content (AvgIpc) is 2.69. The van der Waals surface area contributed by atoms with Gasteiger partial charge in [-0.05, 0) is 49.6 Å². The summed E-state index contributed by atoms with van der Waals surface area (Å²) in [6, 6.07) is 8.91. The Labute approximate surface area is 99.4 Å². The Hall–Kier alpha value is -0.540. The molecule has 1 aromatic rings. The highest BCUT2D eigenvalue weighted by atomic mass is 79.9. The molecule has 0 bridgehead atoms. The number of nitrogens with one attached hydrogen (secondary N) is 1. The van der Waals surface area contributed by atoms with Crippen molar-refractivity contribution in [1.82, 2.24) is 0 Å². The Kier molecular flexibility index (Phi) is 3.65. The monoisotopic (exact) mass is 268 g/mol. The SMILES string of the molecule is NCC1CCCC1Nc1ccc(Br)cc1. The number of hydrogen-bond donors (Lipinski definition) is 2. The maximum Gasteiger partial charge on any atom is 0.0343 e. The fraction of sp³-hybridized carbons (Fsp3) is 0.500. The highest BCUT2D eigenvalue weighted by Crippen LogP contribution is 2.28. The third kappa shape index (κ3) is 2.73. The van der Waals surface area contributed by atoms with E-state index in [1.165, 1.54) is 24.9 Å². The summed E-state index contributed by atoms with van der Waals surface area (Å²) in [5.41, 5.74) is 6.95. The molecule has 3 heteroatoms. The van der Waals surface area contributed by atoms with Gasteiger partial charge in [-0.2, -0.15) is 0 Å². The van der Waals surface area contributed by atoms with Crippen molar-refractivity contribution in [2.24, 2.45) is 11.7 Å². The summed E-state index contributed by atoms with van der Waals surface area (Å²) in [5, 5.41) is 3.57. The van der Waals surface area contributed by atoms with Gasteiger partial charge >= 0.3 is 0 Å². The van der Waals surface area contributed by atoms with Crippen molar-refractivity contribution in [3.63, 3.8) is 0 Å². The van der Waals surface area contributed by atoms with Crippen LogP contribution in [0.15, 0.2) is 28.7 Å². The molecule has 1 aromatic carbocycles. The lowest BCUT2D eigenvalue weighted by Crippen LogP contribution is -2.29. The summed E-state index contributed by atoms with van der Waals surface area (Å²) in [5.74, 6) is 0.647. The molecule has 0 aromatic heterocycles. The summed E-state index contributed by atoms with van der Waals surface area (Å²) >= 11 is 3.44. The van der Waals surface area contributed by atoms with Crippen LogP contribution in [0.1, 0.15) is 19.3 Å². The molecule has 2 unspecified atom stereocenters. The number of nitrogens with two attached hydrogens (primary N) is 1. The minimum atomic E-state index is 0.566. The zero-order chi connectivity index (χ0) is 10.7. The Morgan fingerprint density at radius 3 is 2.67 bits per heavy atom. The van der Waals surface area contributed by atoms with E-state index in [0.29, 0.717) is 12.0 Å². The van der Waals surface area contributed by atoms with Gasteiger partial charge in [-0.25, -0.2) is 0 Å². The quantitative estimate of drug-likeness (QED) is 0.885. The second kappa shape index (κ2) is 4.99. The first-order valence-electron chi connectivity index (χ1n) is 5.52. The Bertz CT molecular complexity index is 310. The molecule has 1 aliphatic carbocycles. The van der Waals surface area contributed by atoms with Crippen LogP contribution in [0, 0.1) is 5.92 Å². The van der Waals surface area contributed by atoms with Crippen molar-refractivity contribution < 1.29 is 0 Å². The van der Waals surface area contributed by atoms with Crippen molar-refractivity contribution in [2.75, 3.05) is 11.9 Å². The summed E-state index contributed by atoms with van der Waals surface area (Å²) < 4.78 is 1.12. The number of benzene rings is 1. The Morgan fingerprint density at radius 1 is 1.27 bits per heavy atom. The first-order valence-corrected chi connectivity index (χ1v) is 6.31. The zero-order valence-electron chi connectivity index (χ0n) is 8.75. The van der Waals surface area contributed by atoms with Crippen LogP contribution in [0.5, 0.6) is 0 Å². The molecule has 2 atom stereocenters.